The summed E-state index contributed by atoms with van der Waals surface area (Å²) in [4.78, 5) is 33.4. The van der Waals surface area contributed by atoms with Gasteiger partial charge >= 0.3 is 0 Å². The van der Waals surface area contributed by atoms with E-state index in [4.69, 9.17) is 0 Å². The third-order valence-electron chi connectivity index (χ3n) is 9.37. The summed E-state index contributed by atoms with van der Waals surface area (Å²) in [6.07, 6.45) is 13.0. The van der Waals surface area contributed by atoms with E-state index in [1.54, 1.807) is 12.1 Å². The molecule has 2 N–H and O–H groups in total. The second kappa shape index (κ2) is 10.6. The van der Waals surface area contributed by atoms with Crippen molar-refractivity contribution in [2.75, 3.05) is 0 Å². The van der Waals surface area contributed by atoms with E-state index in [0.29, 0.717) is 33.6 Å². The van der Waals surface area contributed by atoms with E-state index in [0.717, 1.165) is 22.5 Å². The lowest BCUT2D eigenvalue weighted by Crippen LogP contribution is -2.07. The number of aromatic amines is 2. The van der Waals surface area contributed by atoms with E-state index in [9.17, 15) is 9.59 Å². The van der Waals surface area contributed by atoms with E-state index in [1.807, 2.05) is 12.1 Å². The number of aromatic nitrogens is 2. The Bertz CT molecular complexity index is 1650. The van der Waals surface area contributed by atoms with Crippen molar-refractivity contribution in [1.82, 2.24) is 9.97 Å². The summed E-state index contributed by atoms with van der Waals surface area (Å²) in [6, 6.07) is 24.3. The number of H-pyrrole nitrogens is 2. The van der Waals surface area contributed by atoms with Gasteiger partial charge in [0.15, 0.2) is 10.9 Å². The summed E-state index contributed by atoms with van der Waals surface area (Å²) in [5.41, 5.74) is 7.57. The zero-order chi connectivity index (χ0) is 27.1. The Morgan fingerprint density at radius 2 is 0.850 bits per heavy atom. The van der Waals surface area contributed by atoms with Crippen molar-refractivity contribution < 1.29 is 0 Å². The molecule has 0 saturated heterocycles. The van der Waals surface area contributed by atoms with Crippen LogP contribution in [0.2, 0.25) is 0 Å². The molecule has 7 rings (SSSR count). The summed E-state index contributed by atoms with van der Waals surface area (Å²) >= 11 is 0. The molecule has 2 heterocycles. The lowest BCUT2D eigenvalue weighted by atomic mass is 9.84. The molecule has 0 spiro atoms. The van der Waals surface area contributed by atoms with Gasteiger partial charge in [0.25, 0.3) is 0 Å². The second-order valence-electron chi connectivity index (χ2n) is 12.0. The molecule has 4 heteroatoms. The van der Waals surface area contributed by atoms with Gasteiger partial charge in [-0.1, -0.05) is 87.1 Å². The number of pyridine rings is 2. The molecule has 202 valence electrons. The first-order valence-electron chi connectivity index (χ1n) is 15.1. The van der Waals surface area contributed by atoms with Crippen LogP contribution >= 0.6 is 0 Å². The molecule has 3 aromatic carbocycles. The van der Waals surface area contributed by atoms with Crippen LogP contribution in [0.3, 0.4) is 0 Å². The Morgan fingerprint density at radius 3 is 1.23 bits per heavy atom. The first-order valence-corrected chi connectivity index (χ1v) is 15.1. The zero-order valence-corrected chi connectivity index (χ0v) is 23.0. The van der Waals surface area contributed by atoms with Gasteiger partial charge in [-0.2, -0.15) is 0 Å². The van der Waals surface area contributed by atoms with Crippen LogP contribution in [0.15, 0.2) is 82.4 Å². The number of hydrogen-bond acceptors (Lipinski definition) is 2. The van der Waals surface area contributed by atoms with Gasteiger partial charge in [-0.15, -0.1) is 0 Å². The molecule has 5 aromatic rings. The van der Waals surface area contributed by atoms with Gasteiger partial charge in [0, 0.05) is 34.3 Å². The molecule has 0 unspecified atom stereocenters. The molecular weight excluding hydrogens is 492 g/mol. The largest absolute Gasteiger partial charge is 0.354 e. The smallest absolute Gasteiger partial charge is 0.190 e. The Balaban J connectivity index is 1.21. The van der Waals surface area contributed by atoms with Crippen LogP contribution in [0.5, 0.6) is 0 Å². The predicted octanol–water partition coefficient (Wildman–Crippen LogP) is 8.80. The van der Waals surface area contributed by atoms with Gasteiger partial charge in [-0.25, -0.2) is 0 Å². The average Bonchev–Trinajstić information content (AvgIpc) is 3.01. The molecule has 2 fully saturated rings. The molecule has 0 amide bonds. The Hall–Kier alpha value is -3.92. The molecule has 2 saturated carbocycles. The van der Waals surface area contributed by atoms with Gasteiger partial charge < -0.3 is 9.97 Å². The third-order valence-corrected chi connectivity index (χ3v) is 9.37. The molecule has 2 aliphatic carbocycles. The van der Waals surface area contributed by atoms with Crippen LogP contribution in [0, 0.1) is 0 Å². The molecular formula is C36H36N2O2. The highest BCUT2D eigenvalue weighted by Crippen LogP contribution is 2.35. The van der Waals surface area contributed by atoms with Crippen molar-refractivity contribution in [2.45, 2.75) is 76.0 Å². The highest BCUT2D eigenvalue weighted by atomic mass is 16.1. The van der Waals surface area contributed by atoms with Crippen LogP contribution in [0.1, 0.15) is 87.2 Å². The fraction of sp³-hybridized carbons (Fsp3) is 0.333. The predicted molar refractivity (Wildman–Crippen MR) is 165 cm³/mol. The van der Waals surface area contributed by atoms with Crippen molar-refractivity contribution >= 4 is 21.8 Å². The number of rotatable bonds is 4. The van der Waals surface area contributed by atoms with E-state index < -0.39 is 0 Å². The van der Waals surface area contributed by atoms with Crippen LogP contribution in [0.25, 0.3) is 44.3 Å². The second-order valence-corrected chi connectivity index (χ2v) is 12.0. The third kappa shape index (κ3) is 4.81. The summed E-state index contributed by atoms with van der Waals surface area (Å²) in [7, 11) is 0. The highest BCUT2D eigenvalue weighted by Gasteiger charge is 2.17. The number of fused-ring (bicyclic) bond motifs is 2. The van der Waals surface area contributed by atoms with Crippen LogP contribution in [-0.4, -0.2) is 9.97 Å². The maximum absolute atomic E-state index is 13.2. The SMILES string of the molecule is O=c1cc(-c2ccc(C3CCCCC3)cc2)[nH]c2cc3c(=O)cc(-c4ccc(C5CCCCC5)cc4)[nH]c3cc12. The lowest BCUT2D eigenvalue weighted by Gasteiger charge is -2.22. The highest BCUT2D eigenvalue weighted by molar-refractivity contribution is 5.96. The molecule has 4 nitrogen and oxygen atoms in total. The van der Waals surface area contributed by atoms with Crippen molar-refractivity contribution in [3.63, 3.8) is 0 Å². The van der Waals surface area contributed by atoms with Gasteiger partial charge in [0.05, 0.1) is 11.0 Å². The maximum Gasteiger partial charge on any atom is 0.190 e. The van der Waals surface area contributed by atoms with E-state index in [2.05, 4.69) is 58.5 Å². The first kappa shape index (κ1) is 25.1. The normalized spacial score (nSPS) is 17.0. The van der Waals surface area contributed by atoms with E-state index in [-0.39, 0.29) is 10.9 Å². The van der Waals surface area contributed by atoms with Crippen LogP contribution in [-0.2, 0) is 0 Å². The van der Waals surface area contributed by atoms with Crippen molar-refractivity contribution in [3.05, 3.63) is 104 Å². The number of hydrogen-bond donors (Lipinski definition) is 2. The molecule has 2 aliphatic rings. The molecule has 0 atom stereocenters. The molecule has 0 aliphatic heterocycles. The van der Waals surface area contributed by atoms with Crippen molar-refractivity contribution in [3.8, 4) is 22.5 Å². The average molecular weight is 529 g/mol. The quantitative estimate of drug-likeness (QED) is 0.229. The van der Waals surface area contributed by atoms with Crippen molar-refractivity contribution in [2.24, 2.45) is 0 Å². The Labute approximate surface area is 234 Å². The number of benzene rings is 3. The van der Waals surface area contributed by atoms with E-state index >= 15 is 0 Å². The summed E-state index contributed by atoms with van der Waals surface area (Å²) < 4.78 is 0. The minimum Gasteiger partial charge on any atom is -0.354 e. The standard InChI is InChI=1S/C36H36N2O2/c39-35-21-31(27-15-11-25(12-16-27)23-7-3-1-4-8-23)37-33-19-30-34(20-29(33)35)38-32(22-36(30)40)28-17-13-26(14-18-28)24-9-5-2-6-10-24/h11-24H,1-10H2,(H,37,39)(H,38,40). The minimum atomic E-state index is -0.0508. The van der Waals surface area contributed by atoms with Gasteiger partial charge in [0.2, 0.25) is 0 Å². The maximum atomic E-state index is 13.2. The fourth-order valence-electron chi connectivity index (χ4n) is 7.05. The van der Waals surface area contributed by atoms with Gasteiger partial charge in [0.1, 0.15) is 0 Å². The minimum absolute atomic E-state index is 0.0508. The van der Waals surface area contributed by atoms with Crippen LogP contribution in [0.4, 0.5) is 0 Å². The fourth-order valence-corrected chi connectivity index (χ4v) is 7.05. The Kier molecular flexibility index (Phi) is 6.63. The van der Waals surface area contributed by atoms with Crippen molar-refractivity contribution in [1.29, 1.82) is 0 Å². The summed E-state index contributed by atoms with van der Waals surface area (Å²) in [5.74, 6) is 1.30. The summed E-state index contributed by atoms with van der Waals surface area (Å²) in [6.45, 7) is 0. The topological polar surface area (TPSA) is 65.7 Å². The monoisotopic (exact) mass is 528 g/mol. The molecule has 0 bridgehead atoms. The molecule has 2 aromatic heterocycles. The van der Waals surface area contributed by atoms with Gasteiger partial charge in [-0.3, -0.25) is 9.59 Å². The lowest BCUT2D eigenvalue weighted by molar-refractivity contribution is 0.443. The molecule has 0 radical (unpaired) electrons. The molecule has 40 heavy (non-hydrogen) atoms. The van der Waals surface area contributed by atoms with Crippen LogP contribution < -0.4 is 10.9 Å². The zero-order valence-electron chi connectivity index (χ0n) is 23.0. The first-order chi connectivity index (χ1) is 19.6. The number of nitrogens with one attached hydrogen (secondary N) is 2. The van der Waals surface area contributed by atoms with E-state index in [1.165, 1.54) is 75.3 Å². The summed E-state index contributed by atoms with van der Waals surface area (Å²) in [5, 5.41) is 1.16. The Morgan fingerprint density at radius 1 is 0.475 bits per heavy atom. The van der Waals surface area contributed by atoms with Gasteiger partial charge in [-0.05, 0) is 71.9 Å².